The number of hydrogen-bond donors (Lipinski definition) is 3. The largest absolute Gasteiger partial charge is 1.00 e. The van der Waals surface area contributed by atoms with Gasteiger partial charge in [0.2, 0.25) is 16.4 Å². The van der Waals surface area contributed by atoms with Crippen molar-refractivity contribution in [3.63, 3.8) is 0 Å². The second-order valence-corrected chi connectivity index (χ2v) is 10.6. The van der Waals surface area contributed by atoms with E-state index in [1.54, 1.807) is 13.8 Å². The van der Waals surface area contributed by atoms with Crippen LogP contribution in [0.2, 0.25) is 15.7 Å². The number of nitrogens with one attached hydrogen (secondary N) is 2. The third-order valence-corrected chi connectivity index (χ3v) is 6.56. The van der Waals surface area contributed by atoms with E-state index in [1.807, 2.05) is 43.3 Å². The van der Waals surface area contributed by atoms with Crippen LogP contribution in [0.1, 0.15) is 20.8 Å². The van der Waals surface area contributed by atoms with E-state index in [2.05, 4.69) is 61.8 Å². The summed E-state index contributed by atoms with van der Waals surface area (Å²) in [5.41, 5.74) is 4.92. The number of H-pyrrole nitrogens is 2. The summed E-state index contributed by atoms with van der Waals surface area (Å²) in [7, 11) is 0. The number of fused-ring (bicyclic) bond motifs is 6. The van der Waals surface area contributed by atoms with E-state index in [0.29, 0.717) is 23.2 Å². The van der Waals surface area contributed by atoms with Gasteiger partial charge in [-0.1, -0.05) is 50.4 Å². The van der Waals surface area contributed by atoms with Crippen molar-refractivity contribution >= 4 is 111 Å². The van der Waals surface area contributed by atoms with Crippen LogP contribution in [0.4, 0.5) is 0 Å². The van der Waals surface area contributed by atoms with Gasteiger partial charge >= 0.3 is 29.6 Å². The van der Waals surface area contributed by atoms with Crippen LogP contribution in [0.25, 0.3) is 43.9 Å². The summed E-state index contributed by atoms with van der Waals surface area (Å²) in [5, 5.41) is 19.2. The molecule has 0 unspecified atom stereocenters. The zero-order valence-electron chi connectivity index (χ0n) is 22.5. The zero-order chi connectivity index (χ0) is 29.4. The Balaban J connectivity index is 0.000000237. The fraction of sp³-hybridized carbons (Fsp3) is 0.231. The molecular weight excluding hydrogens is 733 g/mol. The summed E-state index contributed by atoms with van der Waals surface area (Å²) in [4.78, 5) is 22.9. The Morgan fingerprint density at radius 3 is 1.73 bits per heavy atom. The van der Waals surface area contributed by atoms with E-state index in [0.717, 1.165) is 47.3 Å². The van der Waals surface area contributed by atoms with Gasteiger partial charge in [0.25, 0.3) is 0 Å². The monoisotopic (exact) mass is 754 g/mol. The van der Waals surface area contributed by atoms with Crippen LogP contribution in [0.15, 0.2) is 45.3 Å². The Morgan fingerprint density at radius 2 is 1.24 bits per heavy atom. The number of hydrogen-bond acceptors (Lipinski definition) is 7. The standard InChI is InChI=1S/C12H9BrClN3O.C10H4BrCl2N3.C2H6O.C2H5O.Na/c1-2-18-11-10-9(16-12(14)17-11)7-4-3-6(13)5-8(7)15-10;11-4-1-2-5-6(3-4)14-8-7(5)15-10(13)16-9(8)12;2*1-2-3;/h3-5,15H,2H2,1H3;1-3,14H;3H,2H2,1H3;2H2,1H3;/q;;;-1;+1. The summed E-state index contributed by atoms with van der Waals surface area (Å²) in [6.07, 6.45) is 0. The van der Waals surface area contributed by atoms with Crippen molar-refractivity contribution in [2.24, 2.45) is 0 Å². The first-order valence-corrected chi connectivity index (χ1v) is 14.6. The molecule has 15 heteroatoms. The van der Waals surface area contributed by atoms with E-state index in [-0.39, 0.29) is 53.3 Å². The maximum atomic E-state index is 8.93. The molecule has 4 aromatic heterocycles. The maximum Gasteiger partial charge on any atom is 1.00 e. The predicted molar refractivity (Wildman–Crippen MR) is 168 cm³/mol. The summed E-state index contributed by atoms with van der Waals surface area (Å²) < 4.78 is 7.47. The predicted octanol–water partition coefficient (Wildman–Crippen LogP) is 4.48. The molecule has 0 fully saturated rings. The first kappa shape index (κ1) is 35.9. The van der Waals surface area contributed by atoms with Crippen molar-refractivity contribution in [1.82, 2.24) is 29.9 Å². The van der Waals surface area contributed by atoms with Gasteiger partial charge in [-0.05, 0) is 73.4 Å². The minimum Gasteiger partial charge on any atom is -0.855 e. The summed E-state index contributed by atoms with van der Waals surface area (Å²) >= 11 is 24.5. The molecule has 0 aliphatic rings. The van der Waals surface area contributed by atoms with Crippen LogP contribution < -0.4 is 39.4 Å². The van der Waals surface area contributed by atoms with Crippen molar-refractivity contribution < 1.29 is 44.5 Å². The van der Waals surface area contributed by atoms with Crippen LogP contribution in [-0.4, -0.2) is 54.8 Å². The van der Waals surface area contributed by atoms with E-state index in [1.165, 1.54) is 0 Å². The van der Waals surface area contributed by atoms with Gasteiger partial charge in [-0.25, -0.2) is 15.0 Å². The van der Waals surface area contributed by atoms with E-state index in [4.69, 9.17) is 49.8 Å². The second-order valence-electron chi connectivity index (χ2n) is 7.70. The van der Waals surface area contributed by atoms with Crippen molar-refractivity contribution in [1.29, 1.82) is 0 Å². The summed E-state index contributed by atoms with van der Waals surface area (Å²) in [6.45, 7) is 5.93. The van der Waals surface area contributed by atoms with Crippen molar-refractivity contribution in [3.8, 4) is 5.88 Å². The molecule has 0 aliphatic heterocycles. The van der Waals surface area contributed by atoms with Gasteiger partial charge in [-0.2, -0.15) is 4.98 Å². The molecular formula is C26H24Br2Cl3N6NaO3. The molecule has 0 spiro atoms. The molecule has 6 rings (SSSR count). The Bertz CT molecular complexity index is 1750. The van der Waals surface area contributed by atoms with Crippen LogP contribution >= 0.6 is 66.7 Å². The average Bonchev–Trinajstić information content (AvgIpc) is 3.43. The van der Waals surface area contributed by atoms with Gasteiger partial charge in [0, 0.05) is 37.4 Å². The number of benzene rings is 2. The molecule has 0 bridgehead atoms. The molecule has 0 saturated carbocycles. The summed E-state index contributed by atoms with van der Waals surface area (Å²) in [5.74, 6) is 0.486. The van der Waals surface area contributed by atoms with Crippen molar-refractivity contribution in [3.05, 3.63) is 61.1 Å². The number of aromatic nitrogens is 6. The minimum absolute atomic E-state index is 0. The van der Waals surface area contributed by atoms with E-state index < -0.39 is 0 Å². The van der Waals surface area contributed by atoms with E-state index >= 15 is 0 Å². The van der Waals surface area contributed by atoms with Crippen LogP contribution in [0, 0.1) is 0 Å². The van der Waals surface area contributed by atoms with Gasteiger partial charge in [0.15, 0.2) is 5.15 Å². The fourth-order valence-electron chi connectivity index (χ4n) is 3.60. The number of aliphatic hydroxyl groups is 1. The Morgan fingerprint density at radius 1 is 0.805 bits per heavy atom. The molecule has 9 nitrogen and oxygen atoms in total. The molecule has 0 atom stereocenters. The van der Waals surface area contributed by atoms with Crippen LogP contribution in [-0.2, 0) is 0 Å². The van der Waals surface area contributed by atoms with Crippen molar-refractivity contribution in [2.45, 2.75) is 20.8 Å². The Kier molecular flexibility index (Phi) is 15.0. The van der Waals surface area contributed by atoms with Gasteiger partial charge in [-0.15, -0.1) is 6.61 Å². The number of rotatable bonds is 2. The molecule has 6 aromatic rings. The fourth-order valence-corrected chi connectivity index (χ4v) is 4.91. The van der Waals surface area contributed by atoms with E-state index in [9.17, 15) is 0 Å². The normalized spacial score (nSPS) is 10.3. The molecule has 3 N–H and O–H groups in total. The third-order valence-electron chi connectivity index (χ3n) is 4.96. The second kappa shape index (κ2) is 17.1. The van der Waals surface area contributed by atoms with Crippen molar-refractivity contribution in [2.75, 3.05) is 19.8 Å². The quantitative estimate of drug-likeness (QED) is 0.135. The number of ether oxygens (including phenoxy) is 1. The molecule has 41 heavy (non-hydrogen) atoms. The minimum atomic E-state index is 0. The Labute approximate surface area is 289 Å². The van der Waals surface area contributed by atoms with Gasteiger partial charge in [-0.3, -0.25) is 0 Å². The first-order chi connectivity index (χ1) is 19.2. The molecule has 0 aliphatic carbocycles. The SMILES string of the molecule is CCO.CCOc1nc(Cl)nc2c1[nH]c1cc(Br)ccc12.CC[O-].Clc1nc(Cl)c2[nH]c3cc(Br)ccc3c2n1.[Na+]. The Hall–Kier alpha value is -1.25. The molecule has 0 radical (unpaired) electrons. The molecule has 0 amide bonds. The topological polar surface area (TPSA) is 136 Å². The maximum absolute atomic E-state index is 8.93. The third kappa shape index (κ3) is 9.12. The smallest absolute Gasteiger partial charge is 0.855 e. The molecule has 212 valence electrons. The first-order valence-electron chi connectivity index (χ1n) is 11.9. The van der Waals surface area contributed by atoms with Gasteiger partial charge < -0.3 is 24.9 Å². The summed E-state index contributed by atoms with van der Waals surface area (Å²) in [6, 6.07) is 11.8. The van der Waals surface area contributed by atoms with Crippen LogP contribution in [0.3, 0.4) is 0 Å². The molecule has 4 heterocycles. The molecule has 0 saturated heterocycles. The number of nitrogens with zero attached hydrogens (tertiary/aromatic N) is 4. The van der Waals surface area contributed by atoms with Gasteiger partial charge in [0.1, 0.15) is 22.1 Å². The molecule has 2 aromatic carbocycles. The van der Waals surface area contributed by atoms with Crippen LogP contribution in [0.5, 0.6) is 5.88 Å². The number of aliphatic hydroxyl groups excluding tert-OH is 1. The zero-order valence-corrected chi connectivity index (χ0v) is 30.0. The average molecular weight is 758 g/mol. The number of aromatic amines is 2. The van der Waals surface area contributed by atoms with Gasteiger partial charge in [0.05, 0.1) is 6.61 Å². The number of halogens is 5.